The number of nitrogens with one attached hydrogen (secondary N) is 1. The maximum absolute atomic E-state index is 5.17. The standard InChI is InChI=1S/C16H24N4O/c1-12-16(13(2)21-19-12)11-17-10-14-8-9-20(18-14)15-6-4-3-5-7-15/h8-9,15,17H,3-7,10-11H2,1-2H3. The Labute approximate surface area is 125 Å². The van der Waals surface area contributed by atoms with Gasteiger partial charge in [0, 0.05) is 24.8 Å². The minimum Gasteiger partial charge on any atom is -0.361 e. The van der Waals surface area contributed by atoms with Crippen LogP contribution in [0.2, 0.25) is 0 Å². The fourth-order valence-electron chi connectivity index (χ4n) is 3.09. The van der Waals surface area contributed by atoms with E-state index in [0.717, 1.165) is 35.8 Å². The first kappa shape index (κ1) is 14.3. The second kappa shape index (κ2) is 6.43. The third-order valence-corrected chi connectivity index (χ3v) is 4.40. The maximum Gasteiger partial charge on any atom is 0.138 e. The Bertz CT molecular complexity index is 561. The fourth-order valence-corrected chi connectivity index (χ4v) is 3.09. The highest BCUT2D eigenvalue weighted by atomic mass is 16.5. The lowest BCUT2D eigenvalue weighted by atomic mass is 9.96. The predicted molar refractivity (Wildman–Crippen MR) is 80.9 cm³/mol. The van der Waals surface area contributed by atoms with Crippen molar-refractivity contribution in [2.24, 2.45) is 0 Å². The molecule has 2 heterocycles. The quantitative estimate of drug-likeness (QED) is 0.917. The van der Waals surface area contributed by atoms with Crippen molar-refractivity contribution in [2.45, 2.75) is 65.1 Å². The van der Waals surface area contributed by atoms with E-state index < -0.39 is 0 Å². The Hall–Kier alpha value is -1.62. The van der Waals surface area contributed by atoms with Gasteiger partial charge in [-0.15, -0.1) is 0 Å². The van der Waals surface area contributed by atoms with E-state index in [-0.39, 0.29) is 0 Å². The largest absolute Gasteiger partial charge is 0.361 e. The summed E-state index contributed by atoms with van der Waals surface area (Å²) in [6.45, 7) is 5.49. The summed E-state index contributed by atoms with van der Waals surface area (Å²) in [7, 11) is 0. The van der Waals surface area contributed by atoms with Gasteiger partial charge in [0.15, 0.2) is 0 Å². The first-order valence-corrected chi connectivity index (χ1v) is 7.90. The minimum atomic E-state index is 0.607. The first-order valence-electron chi connectivity index (χ1n) is 7.90. The van der Waals surface area contributed by atoms with Gasteiger partial charge in [-0.3, -0.25) is 4.68 Å². The van der Waals surface area contributed by atoms with Crippen LogP contribution in [0.15, 0.2) is 16.8 Å². The average molecular weight is 288 g/mol. The van der Waals surface area contributed by atoms with E-state index in [0.29, 0.717) is 6.04 Å². The Kier molecular flexibility index (Phi) is 4.39. The molecule has 1 saturated carbocycles. The summed E-state index contributed by atoms with van der Waals surface area (Å²) in [5.41, 5.74) is 3.22. The van der Waals surface area contributed by atoms with Crippen LogP contribution >= 0.6 is 0 Å². The van der Waals surface area contributed by atoms with Gasteiger partial charge in [0.2, 0.25) is 0 Å². The summed E-state index contributed by atoms with van der Waals surface area (Å²) in [5, 5.41) is 12.1. The highest BCUT2D eigenvalue weighted by molar-refractivity contribution is 5.20. The number of hydrogen-bond donors (Lipinski definition) is 1. The molecule has 0 aromatic carbocycles. The topological polar surface area (TPSA) is 55.9 Å². The van der Waals surface area contributed by atoms with Crippen molar-refractivity contribution in [3.05, 3.63) is 35.0 Å². The van der Waals surface area contributed by atoms with Crippen LogP contribution in [0.5, 0.6) is 0 Å². The van der Waals surface area contributed by atoms with Crippen LogP contribution < -0.4 is 5.32 Å². The molecule has 1 fully saturated rings. The van der Waals surface area contributed by atoms with Crippen LogP contribution in [0.25, 0.3) is 0 Å². The van der Waals surface area contributed by atoms with Gasteiger partial charge in [0.1, 0.15) is 5.76 Å². The van der Waals surface area contributed by atoms with Crippen molar-refractivity contribution in [3.63, 3.8) is 0 Å². The Morgan fingerprint density at radius 3 is 2.76 bits per heavy atom. The monoisotopic (exact) mass is 288 g/mol. The smallest absolute Gasteiger partial charge is 0.138 e. The Morgan fingerprint density at radius 2 is 2.05 bits per heavy atom. The third kappa shape index (κ3) is 3.35. The molecule has 5 heteroatoms. The van der Waals surface area contributed by atoms with Gasteiger partial charge in [0.25, 0.3) is 0 Å². The minimum absolute atomic E-state index is 0.607. The summed E-state index contributed by atoms with van der Waals surface area (Å²) in [6, 6.07) is 2.73. The SMILES string of the molecule is Cc1noc(C)c1CNCc1ccn(C2CCCCC2)n1. The van der Waals surface area contributed by atoms with Crippen molar-refractivity contribution in [3.8, 4) is 0 Å². The number of aryl methyl sites for hydroxylation is 2. The average Bonchev–Trinajstić information content (AvgIpc) is 3.10. The van der Waals surface area contributed by atoms with E-state index in [1.165, 1.54) is 32.1 Å². The molecule has 1 aliphatic carbocycles. The molecule has 21 heavy (non-hydrogen) atoms. The summed E-state index contributed by atoms with van der Waals surface area (Å²) in [5.74, 6) is 0.896. The number of nitrogens with zero attached hydrogens (tertiary/aromatic N) is 3. The van der Waals surface area contributed by atoms with Crippen LogP contribution in [-0.2, 0) is 13.1 Å². The summed E-state index contributed by atoms with van der Waals surface area (Å²) >= 11 is 0. The first-order chi connectivity index (χ1) is 10.2. The predicted octanol–water partition coefficient (Wildman–Crippen LogP) is 3.28. The second-order valence-corrected chi connectivity index (χ2v) is 5.99. The summed E-state index contributed by atoms with van der Waals surface area (Å²) in [6.07, 6.45) is 8.72. The summed E-state index contributed by atoms with van der Waals surface area (Å²) < 4.78 is 7.33. The molecule has 0 aliphatic heterocycles. The van der Waals surface area contributed by atoms with Crippen molar-refractivity contribution in [1.82, 2.24) is 20.3 Å². The van der Waals surface area contributed by atoms with Gasteiger partial charge >= 0.3 is 0 Å². The highest BCUT2D eigenvalue weighted by Crippen LogP contribution is 2.27. The molecule has 0 radical (unpaired) electrons. The molecule has 1 N–H and O–H groups in total. The number of hydrogen-bond acceptors (Lipinski definition) is 4. The maximum atomic E-state index is 5.17. The highest BCUT2D eigenvalue weighted by Gasteiger charge is 2.16. The van der Waals surface area contributed by atoms with Crippen LogP contribution in [0.3, 0.4) is 0 Å². The molecule has 0 bridgehead atoms. The van der Waals surface area contributed by atoms with Crippen molar-refractivity contribution >= 4 is 0 Å². The van der Waals surface area contributed by atoms with E-state index in [4.69, 9.17) is 9.62 Å². The van der Waals surface area contributed by atoms with Gasteiger partial charge in [-0.05, 0) is 32.8 Å². The zero-order chi connectivity index (χ0) is 14.7. The lowest BCUT2D eigenvalue weighted by molar-refractivity contribution is 0.327. The van der Waals surface area contributed by atoms with Crippen molar-refractivity contribution in [1.29, 1.82) is 0 Å². The molecular weight excluding hydrogens is 264 g/mol. The van der Waals surface area contributed by atoms with Crippen LogP contribution in [0.4, 0.5) is 0 Å². The van der Waals surface area contributed by atoms with Gasteiger partial charge in [-0.2, -0.15) is 5.10 Å². The molecule has 2 aromatic rings. The van der Waals surface area contributed by atoms with E-state index in [9.17, 15) is 0 Å². The van der Waals surface area contributed by atoms with E-state index in [1.54, 1.807) is 0 Å². The van der Waals surface area contributed by atoms with E-state index in [1.807, 2.05) is 13.8 Å². The third-order valence-electron chi connectivity index (χ3n) is 4.40. The van der Waals surface area contributed by atoms with Gasteiger partial charge in [-0.25, -0.2) is 0 Å². The zero-order valence-electron chi connectivity index (χ0n) is 12.9. The molecule has 3 rings (SSSR count). The van der Waals surface area contributed by atoms with Crippen LogP contribution in [0, 0.1) is 13.8 Å². The van der Waals surface area contributed by atoms with Gasteiger partial charge < -0.3 is 9.84 Å². The molecule has 5 nitrogen and oxygen atoms in total. The fraction of sp³-hybridized carbons (Fsp3) is 0.625. The number of rotatable bonds is 5. The van der Waals surface area contributed by atoms with Crippen molar-refractivity contribution in [2.75, 3.05) is 0 Å². The molecule has 0 amide bonds. The molecule has 114 valence electrons. The van der Waals surface area contributed by atoms with E-state index in [2.05, 4.69) is 27.4 Å². The molecule has 0 unspecified atom stereocenters. The molecular formula is C16H24N4O. The second-order valence-electron chi connectivity index (χ2n) is 5.99. The molecule has 1 aliphatic rings. The lowest BCUT2D eigenvalue weighted by Crippen LogP contribution is -2.16. The number of aromatic nitrogens is 3. The normalized spacial score (nSPS) is 16.5. The molecule has 0 spiro atoms. The van der Waals surface area contributed by atoms with Crippen molar-refractivity contribution < 1.29 is 4.52 Å². The van der Waals surface area contributed by atoms with Gasteiger partial charge in [0.05, 0.1) is 17.4 Å². The van der Waals surface area contributed by atoms with Crippen LogP contribution in [-0.4, -0.2) is 14.9 Å². The van der Waals surface area contributed by atoms with E-state index >= 15 is 0 Å². The molecule has 2 aromatic heterocycles. The molecule has 0 saturated heterocycles. The van der Waals surface area contributed by atoms with Crippen LogP contribution in [0.1, 0.15) is 60.9 Å². The van der Waals surface area contributed by atoms with Gasteiger partial charge in [-0.1, -0.05) is 24.4 Å². The molecule has 0 atom stereocenters. The Morgan fingerprint density at radius 1 is 1.24 bits per heavy atom. The lowest BCUT2D eigenvalue weighted by Gasteiger charge is -2.21. The zero-order valence-corrected chi connectivity index (χ0v) is 12.9. The Balaban J connectivity index is 1.53. The summed E-state index contributed by atoms with van der Waals surface area (Å²) in [4.78, 5) is 0.